The monoisotopic (exact) mass is 522 g/mol. The molecular weight excluding hydrogens is 476 g/mol. The Hall–Kier alpha value is -1.54. The average molecular weight is 523 g/mol. The Morgan fingerprint density at radius 2 is 1.92 bits per heavy atom. The Balaban J connectivity index is 2.08. The van der Waals surface area contributed by atoms with E-state index in [2.05, 4.69) is 48.1 Å². The molecule has 3 rings (SSSR count). The minimum atomic E-state index is -0.656. The number of fused-ring (bicyclic) bond motifs is 1. The van der Waals surface area contributed by atoms with Crippen LogP contribution in [0.1, 0.15) is 80.6 Å². The van der Waals surface area contributed by atoms with Crippen LogP contribution < -0.4 is 0 Å². The van der Waals surface area contributed by atoms with Gasteiger partial charge in [0.05, 0.1) is 23.2 Å². The smallest absolute Gasteiger partial charge is 0.311 e. The van der Waals surface area contributed by atoms with Gasteiger partial charge in [-0.25, -0.2) is 0 Å². The number of hydrogen-bond donors (Lipinski definition) is 1. The molecule has 36 heavy (non-hydrogen) atoms. The van der Waals surface area contributed by atoms with Gasteiger partial charge in [0.2, 0.25) is 11.8 Å². The van der Waals surface area contributed by atoms with Gasteiger partial charge in [-0.05, 0) is 65.2 Å². The number of rotatable bonds is 11. The lowest BCUT2D eigenvalue weighted by Crippen LogP contribution is -2.60. The van der Waals surface area contributed by atoms with Crippen LogP contribution in [0.25, 0.3) is 0 Å². The number of likely N-dealkylation sites (tertiary alicyclic amines) is 1. The van der Waals surface area contributed by atoms with E-state index in [1.807, 2.05) is 4.90 Å². The summed E-state index contributed by atoms with van der Waals surface area (Å²) >= 11 is 1.67. The number of amides is 2. The molecule has 0 aromatic carbocycles. The van der Waals surface area contributed by atoms with E-state index in [-0.39, 0.29) is 36.4 Å². The summed E-state index contributed by atoms with van der Waals surface area (Å²) in [7, 11) is 0. The number of carbonyl (C=O) groups is 3. The highest BCUT2D eigenvalue weighted by atomic mass is 32.2. The predicted molar refractivity (Wildman–Crippen MR) is 143 cm³/mol. The van der Waals surface area contributed by atoms with Gasteiger partial charge in [-0.2, -0.15) is 0 Å². The standard InChI is InChI=1S/C28H46N2O5S/c1-9-15-30(26(6,7)18-25(3,4)5)23(33)21-28-14-13-27(8,36-28)20(24(34)35-10-2)19(28)22(32)29(21)16-11-12-17-31/h9,19-21,31H,1,10-18H2,2-8H3/t19-,20-,21?,27+,28?/m0/s1. The van der Waals surface area contributed by atoms with Crippen molar-refractivity contribution in [1.29, 1.82) is 0 Å². The first-order chi connectivity index (χ1) is 16.7. The van der Waals surface area contributed by atoms with Crippen molar-refractivity contribution in [3.8, 4) is 0 Å². The maximum Gasteiger partial charge on any atom is 0.311 e. The molecule has 0 saturated carbocycles. The molecule has 3 saturated heterocycles. The number of hydrogen-bond acceptors (Lipinski definition) is 6. The molecule has 3 aliphatic rings. The van der Waals surface area contributed by atoms with E-state index in [0.29, 0.717) is 25.9 Å². The van der Waals surface area contributed by atoms with Gasteiger partial charge in [-0.3, -0.25) is 14.4 Å². The fraction of sp³-hybridized carbons (Fsp3) is 0.821. The summed E-state index contributed by atoms with van der Waals surface area (Å²) in [6, 6.07) is -0.654. The third-order valence-corrected chi connectivity index (χ3v) is 10.1. The van der Waals surface area contributed by atoms with Crippen molar-refractivity contribution in [2.75, 3.05) is 26.3 Å². The normalized spacial score (nSPS) is 31.5. The van der Waals surface area contributed by atoms with Crippen LogP contribution in [0.15, 0.2) is 12.7 Å². The van der Waals surface area contributed by atoms with Crippen LogP contribution in [-0.2, 0) is 19.1 Å². The van der Waals surface area contributed by atoms with E-state index in [4.69, 9.17) is 4.74 Å². The summed E-state index contributed by atoms with van der Waals surface area (Å²) in [6.45, 7) is 19.5. The maximum atomic E-state index is 14.6. The minimum absolute atomic E-state index is 0.000620. The molecule has 0 aliphatic carbocycles. The second-order valence-corrected chi connectivity index (χ2v) is 14.6. The van der Waals surface area contributed by atoms with Gasteiger partial charge in [0.1, 0.15) is 6.04 Å². The number of esters is 1. The molecule has 7 nitrogen and oxygen atoms in total. The van der Waals surface area contributed by atoms with Gasteiger partial charge in [0.15, 0.2) is 0 Å². The fourth-order valence-electron chi connectivity index (χ4n) is 7.23. The quantitative estimate of drug-likeness (QED) is 0.250. The zero-order valence-electron chi connectivity index (χ0n) is 23.3. The van der Waals surface area contributed by atoms with Crippen molar-refractivity contribution in [1.82, 2.24) is 9.80 Å². The zero-order valence-corrected chi connectivity index (χ0v) is 24.1. The van der Waals surface area contributed by atoms with Gasteiger partial charge >= 0.3 is 5.97 Å². The fourth-order valence-corrected chi connectivity index (χ4v) is 9.57. The van der Waals surface area contributed by atoms with Crippen molar-refractivity contribution < 1.29 is 24.2 Å². The Morgan fingerprint density at radius 1 is 1.25 bits per heavy atom. The lowest BCUT2D eigenvalue weighted by Gasteiger charge is -2.46. The Bertz CT molecular complexity index is 884. The molecule has 3 heterocycles. The summed E-state index contributed by atoms with van der Waals surface area (Å²) in [4.78, 5) is 45.4. The molecule has 2 amide bonds. The molecule has 0 aromatic rings. The highest BCUT2D eigenvalue weighted by Gasteiger charge is 2.77. The molecule has 3 aliphatic heterocycles. The highest BCUT2D eigenvalue weighted by Crippen LogP contribution is 2.71. The first-order valence-corrected chi connectivity index (χ1v) is 14.2. The topological polar surface area (TPSA) is 87.2 Å². The molecule has 5 atom stereocenters. The summed E-state index contributed by atoms with van der Waals surface area (Å²) in [6.07, 6.45) is 5.19. The van der Waals surface area contributed by atoms with E-state index in [9.17, 15) is 19.5 Å². The lowest BCUT2D eigenvalue weighted by molar-refractivity contribution is -0.155. The molecule has 3 fully saturated rings. The van der Waals surface area contributed by atoms with E-state index in [1.165, 1.54) is 0 Å². The van der Waals surface area contributed by atoms with Crippen molar-refractivity contribution in [2.45, 2.75) is 102 Å². The first kappa shape index (κ1) is 29.0. The van der Waals surface area contributed by atoms with Gasteiger partial charge in [0.25, 0.3) is 0 Å². The summed E-state index contributed by atoms with van der Waals surface area (Å²) < 4.78 is 4.38. The van der Waals surface area contributed by atoms with Gasteiger partial charge in [0, 0.05) is 30.0 Å². The second kappa shape index (κ2) is 10.3. The van der Waals surface area contributed by atoms with E-state index in [0.717, 1.165) is 19.3 Å². The first-order valence-electron chi connectivity index (χ1n) is 13.4. The molecule has 1 N–H and O–H groups in total. The predicted octanol–water partition coefficient (Wildman–Crippen LogP) is 4.03. The van der Waals surface area contributed by atoms with E-state index in [1.54, 1.807) is 29.7 Å². The van der Waals surface area contributed by atoms with Crippen molar-refractivity contribution >= 4 is 29.5 Å². The molecule has 2 bridgehead atoms. The van der Waals surface area contributed by atoms with Crippen LogP contribution >= 0.6 is 11.8 Å². The second-order valence-electron chi connectivity index (χ2n) is 12.7. The maximum absolute atomic E-state index is 14.6. The zero-order chi connectivity index (χ0) is 27.1. The molecule has 2 unspecified atom stereocenters. The molecule has 8 heteroatoms. The van der Waals surface area contributed by atoms with Gasteiger partial charge < -0.3 is 19.6 Å². The third-order valence-electron chi connectivity index (χ3n) is 8.13. The van der Waals surface area contributed by atoms with E-state index >= 15 is 0 Å². The number of aliphatic hydroxyl groups is 1. The third kappa shape index (κ3) is 4.96. The molecule has 0 radical (unpaired) electrons. The average Bonchev–Trinajstić information content (AvgIpc) is 3.31. The molecular formula is C28H46N2O5S. The number of unbranched alkanes of at least 4 members (excludes halogenated alkanes) is 1. The van der Waals surface area contributed by atoms with Crippen LogP contribution in [0.3, 0.4) is 0 Å². The van der Waals surface area contributed by atoms with Crippen molar-refractivity contribution in [3.63, 3.8) is 0 Å². The number of thioether (sulfide) groups is 1. The Labute approximate surface area is 221 Å². The summed E-state index contributed by atoms with van der Waals surface area (Å²) in [5, 5.41) is 9.37. The highest BCUT2D eigenvalue weighted by molar-refractivity contribution is 8.02. The molecule has 204 valence electrons. The SMILES string of the molecule is C=CCN(C(=O)C1N(CCCCO)C(=O)[C@@H]2[C@@H](C(=O)OCC)[C@@]3(C)CCC12S3)C(C)(C)CC(C)(C)C. The van der Waals surface area contributed by atoms with Crippen LogP contribution in [0.4, 0.5) is 0 Å². The number of aliphatic hydroxyl groups excluding tert-OH is 1. The van der Waals surface area contributed by atoms with Crippen LogP contribution in [-0.4, -0.2) is 80.1 Å². The summed E-state index contributed by atoms with van der Waals surface area (Å²) in [5.41, 5.74) is -0.455. The van der Waals surface area contributed by atoms with Crippen LogP contribution in [0.2, 0.25) is 0 Å². The van der Waals surface area contributed by atoms with Gasteiger partial charge in [-0.1, -0.05) is 26.8 Å². The van der Waals surface area contributed by atoms with Gasteiger partial charge in [-0.15, -0.1) is 18.3 Å². The summed E-state index contributed by atoms with van der Waals surface area (Å²) in [5.74, 6) is -1.64. The van der Waals surface area contributed by atoms with E-state index < -0.39 is 32.9 Å². The van der Waals surface area contributed by atoms with Crippen molar-refractivity contribution in [3.05, 3.63) is 12.7 Å². The molecule has 1 spiro atoms. The molecule has 0 aromatic heterocycles. The van der Waals surface area contributed by atoms with Crippen molar-refractivity contribution in [2.24, 2.45) is 17.3 Å². The Morgan fingerprint density at radius 3 is 2.47 bits per heavy atom. The van der Waals surface area contributed by atoms with Crippen LogP contribution in [0.5, 0.6) is 0 Å². The number of carbonyl (C=O) groups excluding carboxylic acids is 3. The largest absolute Gasteiger partial charge is 0.466 e. The minimum Gasteiger partial charge on any atom is -0.466 e. The lowest BCUT2D eigenvalue weighted by atomic mass is 9.66. The van der Waals surface area contributed by atoms with Crippen LogP contribution in [0, 0.1) is 17.3 Å². The number of ether oxygens (including phenoxy) is 1. The Kier molecular flexibility index (Phi) is 8.32. The number of nitrogens with zero attached hydrogens (tertiary/aromatic N) is 2.